The SMILES string of the molecule is COc1ccc(/C=C(\B(c2ccccc2)c2ccccc2)c2ccccc2)[n+]([O-])c1. The highest BCUT2D eigenvalue weighted by Crippen LogP contribution is 2.21. The molecule has 0 saturated carbocycles. The number of methoxy groups -OCH3 is 1. The number of rotatable bonds is 6. The first-order chi connectivity index (χ1) is 14.8. The summed E-state index contributed by atoms with van der Waals surface area (Å²) in [5, 5.41) is 12.7. The number of aromatic nitrogens is 1. The molecule has 0 radical (unpaired) electrons. The van der Waals surface area contributed by atoms with Crippen molar-refractivity contribution < 1.29 is 9.47 Å². The van der Waals surface area contributed by atoms with Crippen LogP contribution in [0.25, 0.3) is 11.5 Å². The molecule has 4 rings (SSSR count). The maximum Gasteiger partial charge on any atom is 0.242 e. The van der Waals surface area contributed by atoms with Crippen molar-refractivity contribution in [2.45, 2.75) is 0 Å². The van der Waals surface area contributed by atoms with E-state index in [2.05, 4.69) is 60.7 Å². The molecule has 0 aliphatic heterocycles. The predicted octanol–water partition coefficient (Wildman–Crippen LogP) is 3.72. The van der Waals surface area contributed by atoms with E-state index in [1.807, 2.05) is 42.5 Å². The fourth-order valence-electron chi connectivity index (χ4n) is 3.67. The molecule has 3 nitrogen and oxygen atoms in total. The lowest BCUT2D eigenvalue weighted by Crippen LogP contribution is -2.43. The van der Waals surface area contributed by atoms with Crippen LogP contribution in [0.2, 0.25) is 0 Å². The fraction of sp³-hybridized carbons (Fsp3) is 0.0385. The number of nitrogens with zero attached hydrogens (tertiary/aromatic N) is 1. The molecule has 30 heavy (non-hydrogen) atoms. The van der Waals surface area contributed by atoms with Crippen LogP contribution in [0.4, 0.5) is 0 Å². The van der Waals surface area contributed by atoms with E-state index in [0.717, 1.165) is 15.8 Å². The van der Waals surface area contributed by atoms with Gasteiger partial charge in [0.25, 0.3) is 0 Å². The van der Waals surface area contributed by atoms with Gasteiger partial charge in [-0.3, -0.25) is 0 Å². The Morgan fingerprint density at radius 3 is 1.80 bits per heavy atom. The number of pyridine rings is 1. The highest BCUT2D eigenvalue weighted by Gasteiger charge is 2.26. The lowest BCUT2D eigenvalue weighted by molar-refractivity contribution is -0.607. The van der Waals surface area contributed by atoms with Gasteiger partial charge in [-0.1, -0.05) is 107 Å². The second kappa shape index (κ2) is 9.14. The van der Waals surface area contributed by atoms with Crippen LogP contribution in [0.15, 0.2) is 109 Å². The molecule has 0 atom stereocenters. The Hall–Kier alpha value is -3.79. The van der Waals surface area contributed by atoms with Gasteiger partial charge in [0.05, 0.1) is 7.11 Å². The molecule has 1 heterocycles. The second-order valence-electron chi connectivity index (χ2n) is 7.04. The average Bonchev–Trinajstić information content (AvgIpc) is 2.81. The van der Waals surface area contributed by atoms with E-state index >= 15 is 0 Å². The van der Waals surface area contributed by atoms with E-state index in [9.17, 15) is 5.21 Å². The van der Waals surface area contributed by atoms with Gasteiger partial charge in [0.1, 0.15) is 0 Å². The van der Waals surface area contributed by atoms with Crippen LogP contribution in [0.3, 0.4) is 0 Å². The molecule has 0 aliphatic rings. The summed E-state index contributed by atoms with van der Waals surface area (Å²) in [6.07, 6.45) is 3.43. The van der Waals surface area contributed by atoms with E-state index in [0.29, 0.717) is 11.4 Å². The van der Waals surface area contributed by atoms with Gasteiger partial charge in [0.2, 0.25) is 18.6 Å². The molecule has 0 N–H and O–H groups in total. The van der Waals surface area contributed by atoms with E-state index in [-0.39, 0.29) is 6.71 Å². The van der Waals surface area contributed by atoms with Crippen molar-refractivity contribution in [2.75, 3.05) is 7.11 Å². The molecule has 1 aromatic heterocycles. The Morgan fingerprint density at radius 1 is 0.767 bits per heavy atom. The second-order valence-corrected chi connectivity index (χ2v) is 7.04. The molecule has 0 amide bonds. The zero-order valence-corrected chi connectivity index (χ0v) is 16.8. The van der Waals surface area contributed by atoms with Gasteiger partial charge in [-0.15, -0.1) is 0 Å². The van der Waals surface area contributed by atoms with Crippen LogP contribution in [-0.2, 0) is 0 Å². The quantitative estimate of drug-likeness (QED) is 0.285. The van der Waals surface area contributed by atoms with Gasteiger partial charge in [0, 0.05) is 12.1 Å². The van der Waals surface area contributed by atoms with Crippen LogP contribution >= 0.6 is 0 Å². The van der Waals surface area contributed by atoms with Crippen molar-refractivity contribution in [1.82, 2.24) is 0 Å². The summed E-state index contributed by atoms with van der Waals surface area (Å²) in [5.41, 5.74) is 5.04. The van der Waals surface area contributed by atoms with Crippen LogP contribution < -0.4 is 20.4 Å². The molecule has 0 aliphatic carbocycles. The van der Waals surface area contributed by atoms with Crippen LogP contribution in [0.5, 0.6) is 5.75 Å². The van der Waals surface area contributed by atoms with Crippen molar-refractivity contribution in [2.24, 2.45) is 0 Å². The summed E-state index contributed by atoms with van der Waals surface area (Å²) in [6, 6.07) is 34.6. The maximum absolute atomic E-state index is 12.7. The summed E-state index contributed by atoms with van der Waals surface area (Å²) in [4.78, 5) is 0. The summed E-state index contributed by atoms with van der Waals surface area (Å²) in [6.45, 7) is -0.0168. The predicted molar refractivity (Wildman–Crippen MR) is 124 cm³/mol. The molecule has 3 aromatic carbocycles. The number of benzene rings is 3. The Morgan fingerprint density at radius 2 is 1.30 bits per heavy atom. The van der Waals surface area contributed by atoms with Crippen molar-refractivity contribution in [3.05, 3.63) is 126 Å². The van der Waals surface area contributed by atoms with Crippen LogP contribution in [0, 0.1) is 5.21 Å². The van der Waals surface area contributed by atoms with Crippen molar-refractivity contribution in [1.29, 1.82) is 0 Å². The molecular formula is C26H22BNO2. The smallest absolute Gasteiger partial charge is 0.242 e. The lowest BCUT2D eigenvalue weighted by atomic mass is 9.35. The van der Waals surface area contributed by atoms with Gasteiger partial charge in [-0.25, -0.2) is 0 Å². The Labute approximate surface area is 177 Å². The first kappa shape index (κ1) is 19.5. The zero-order valence-electron chi connectivity index (χ0n) is 16.8. The van der Waals surface area contributed by atoms with E-state index in [1.54, 1.807) is 13.2 Å². The molecule has 4 aromatic rings. The topological polar surface area (TPSA) is 36.2 Å². The summed E-state index contributed by atoms with van der Waals surface area (Å²) < 4.78 is 6.04. The molecule has 0 fully saturated rings. The van der Waals surface area contributed by atoms with Crippen molar-refractivity contribution >= 4 is 29.2 Å². The first-order valence-electron chi connectivity index (χ1n) is 9.90. The Balaban J connectivity index is 1.94. The monoisotopic (exact) mass is 391 g/mol. The standard InChI is InChI=1S/C26H22BNO2/c1-30-25-18-17-24(28(29)20-25)19-26(21-11-5-2-6-12-21)27(22-13-7-3-8-14-22)23-15-9-4-10-16-23/h2-20H,1H3/b26-19-. The third kappa shape index (κ3) is 4.28. The molecule has 0 bridgehead atoms. The van der Waals surface area contributed by atoms with Gasteiger partial charge in [-0.2, -0.15) is 4.73 Å². The zero-order chi connectivity index (χ0) is 20.8. The maximum atomic E-state index is 12.7. The molecule has 0 spiro atoms. The summed E-state index contributed by atoms with van der Waals surface area (Å²) >= 11 is 0. The molecule has 4 heteroatoms. The molecular weight excluding hydrogens is 369 g/mol. The minimum atomic E-state index is -0.0168. The minimum Gasteiger partial charge on any atom is -0.618 e. The highest BCUT2D eigenvalue weighted by atomic mass is 16.5. The average molecular weight is 391 g/mol. The van der Waals surface area contributed by atoms with Gasteiger partial charge in [-0.05, 0) is 11.6 Å². The summed E-state index contributed by atoms with van der Waals surface area (Å²) in [7, 11) is 1.56. The Bertz CT molecular complexity index is 1090. The number of hydrogen-bond acceptors (Lipinski definition) is 2. The number of ether oxygens (including phenoxy) is 1. The number of hydrogen-bond donors (Lipinski definition) is 0. The van der Waals surface area contributed by atoms with E-state index < -0.39 is 0 Å². The van der Waals surface area contributed by atoms with Crippen LogP contribution in [0.1, 0.15) is 11.3 Å². The first-order valence-corrected chi connectivity index (χ1v) is 9.90. The largest absolute Gasteiger partial charge is 0.618 e. The van der Waals surface area contributed by atoms with E-state index in [1.165, 1.54) is 17.1 Å². The van der Waals surface area contributed by atoms with Gasteiger partial charge < -0.3 is 9.94 Å². The Kier molecular flexibility index (Phi) is 5.95. The van der Waals surface area contributed by atoms with Gasteiger partial charge in [0.15, 0.2) is 5.75 Å². The lowest BCUT2D eigenvalue weighted by Gasteiger charge is -2.19. The fourth-order valence-corrected chi connectivity index (χ4v) is 3.67. The van der Waals surface area contributed by atoms with Crippen LogP contribution in [-0.4, -0.2) is 13.8 Å². The van der Waals surface area contributed by atoms with E-state index in [4.69, 9.17) is 4.74 Å². The third-order valence-electron chi connectivity index (χ3n) is 5.14. The summed E-state index contributed by atoms with van der Waals surface area (Å²) in [5.74, 6) is 0.533. The molecule has 146 valence electrons. The molecule has 0 unspecified atom stereocenters. The van der Waals surface area contributed by atoms with Crippen molar-refractivity contribution in [3.8, 4) is 5.75 Å². The third-order valence-corrected chi connectivity index (χ3v) is 5.14. The highest BCUT2D eigenvalue weighted by molar-refractivity contribution is 7.00. The van der Waals surface area contributed by atoms with Gasteiger partial charge >= 0.3 is 0 Å². The molecule has 0 saturated heterocycles. The van der Waals surface area contributed by atoms with Crippen molar-refractivity contribution in [3.63, 3.8) is 0 Å². The normalized spacial score (nSPS) is 11.2. The minimum absolute atomic E-state index is 0.0168.